The standard InChI is InChI=1S/C51H64F2N10O6/c1-27(2)42(58-49(66)68-7)47(64)61-19-9-11-40(61)45-54-34-15-13-29(21-36(34)56-45)38-17-18-39(63(38)31-23-32(52)44(33(53)24-31)60-25-51(5,6)26-60)30-14-16-35-37(22-30)57-46(55-35)41-12-10-20-62(41)48(65)43(28(3)4)59-50(67)69-8/h13-16,21-24,27-28,38-43H,9-12,17-20,25-26H2,1-8H3,(H,54,56)(H,55,57)(H,58,66)(H,59,67)/t38-,39-,40+,41+,42+,43?/m1/s1. The van der Waals surface area contributed by atoms with Gasteiger partial charge in [-0.2, -0.15) is 0 Å². The molecule has 4 amide bonds. The minimum atomic E-state index is -0.762. The fourth-order valence-corrected chi connectivity index (χ4v) is 11.2. The predicted molar refractivity (Wildman–Crippen MR) is 257 cm³/mol. The normalized spacial score (nSPS) is 22.1. The van der Waals surface area contributed by atoms with E-state index in [2.05, 4.69) is 39.3 Å². The predicted octanol–water partition coefficient (Wildman–Crippen LogP) is 8.73. The number of fused-ring (bicyclic) bond motifs is 2. The first-order valence-corrected chi connectivity index (χ1v) is 24.3. The number of methoxy groups -OCH3 is 2. The molecule has 16 nitrogen and oxygen atoms in total. The van der Waals surface area contributed by atoms with Gasteiger partial charge in [0.1, 0.15) is 29.4 Å². The van der Waals surface area contributed by atoms with E-state index < -0.39 is 35.9 Å². The number of benzene rings is 3. The number of hydrogen-bond acceptors (Lipinski definition) is 10. The highest BCUT2D eigenvalue weighted by molar-refractivity contribution is 5.88. The summed E-state index contributed by atoms with van der Waals surface area (Å²) in [4.78, 5) is 76.7. The maximum absolute atomic E-state index is 16.3. The molecule has 0 radical (unpaired) electrons. The molecule has 4 aliphatic heterocycles. The number of likely N-dealkylation sites (tertiary alicyclic amines) is 2. The zero-order chi connectivity index (χ0) is 49.1. The van der Waals surface area contributed by atoms with Crippen molar-refractivity contribution in [2.75, 3.05) is 50.2 Å². The van der Waals surface area contributed by atoms with Crippen LogP contribution in [0.1, 0.15) is 127 Å². The molecular weight excluding hydrogens is 887 g/mol. The number of carbonyl (C=O) groups excluding carboxylic acids is 4. The van der Waals surface area contributed by atoms with E-state index in [4.69, 9.17) is 19.4 Å². The van der Waals surface area contributed by atoms with E-state index >= 15 is 8.78 Å². The van der Waals surface area contributed by atoms with Gasteiger partial charge in [-0.3, -0.25) is 9.59 Å². The maximum atomic E-state index is 16.3. The summed E-state index contributed by atoms with van der Waals surface area (Å²) in [6.07, 6.45) is 2.98. The number of alkyl carbamates (subject to hydrolysis) is 2. The Morgan fingerprint density at radius 1 is 0.667 bits per heavy atom. The zero-order valence-electron chi connectivity index (χ0n) is 40.7. The average molecular weight is 951 g/mol. The zero-order valence-corrected chi connectivity index (χ0v) is 40.7. The number of nitrogens with one attached hydrogen (secondary N) is 4. The van der Waals surface area contributed by atoms with Gasteiger partial charge in [0.2, 0.25) is 11.8 Å². The average Bonchev–Trinajstić information content (AvgIpc) is 4.16. The second-order valence-electron chi connectivity index (χ2n) is 20.7. The molecule has 6 atom stereocenters. The van der Waals surface area contributed by atoms with Crippen LogP contribution in [-0.4, -0.2) is 106 Å². The van der Waals surface area contributed by atoms with Crippen molar-refractivity contribution < 1.29 is 37.4 Å². The fourth-order valence-electron chi connectivity index (χ4n) is 11.2. The number of rotatable bonds is 12. The lowest BCUT2D eigenvalue weighted by molar-refractivity contribution is -0.136. The van der Waals surface area contributed by atoms with Crippen molar-refractivity contribution >= 4 is 57.4 Å². The van der Waals surface area contributed by atoms with E-state index in [9.17, 15) is 19.2 Å². The first kappa shape index (κ1) is 47.6. The Morgan fingerprint density at radius 3 is 1.49 bits per heavy atom. The van der Waals surface area contributed by atoms with Crippen molar-refractivity contribution in [2.24, 2.45) is 17.3 Å². The lowest BCUT2D eigenvalue weighted by Crippen LogP contribution is -2.53. The highest BCUT2D eigenvalue weighted by atomic mass is 19.1. The van der Waals surface area contributed by atoms with Gasteiger partial charge in [-0.05, 0) is 103 Å². The Balaban J connectivity index is 1.03. The second-order valence-corrected chi connectivity index (χ2v) is 20.7. The summed E-state index contributed by atoms with van der Waals surface area (Å²) in [5, 5.41) is 5.42. The number of halogens is 2. The molecule has 0 saturated carbocycles. The summed E-state index contributed by atoms with van der Waals surface area (Å²) in [6.45, 7) is 13.8. The highest BCUT2D eigenvalue weighted by Crippen LogP contribution is 2.49. The summed E-state index contributed by atoms with van der Waals surface area (Å²) in [6, 6.07) is 12.2. The molecule has 4 N–H and O–H groups in total. The lowest BCUT2D eigenvalue weighted by atomic mass is 9.84. The van der Waals surface area contributed by atoms with Crippen LogP contribution in [0.25, 0.3) is 22.1 Å². The Hall–Kier alpha value is -6.46. The van der Waals surface area contributed by atoms with Crippen LogP contribution in [0, 0.1) is 28.9 Å². The monoisotopic (exact) mass is 950 g/mol. The number of H-pyrrole nitrogens is 2. The topological polar surface area (TPSA) is 181 Å². The summed E-state index contributed by atoms with van der Waals surface area (Å²) in [5.74, 6) is -0.653. The van der Waals surface area contributed by atoms with Crippen LogP contribution in [0.4, 0.5) is 29.7 Å². The van der Waals surface area contributed by atoms with Crippen LogP contribution in [0.5, 0.6) is 0 Å². The fraction of sp³-hybridized carbons (Fsp3) is 0.529. The number of amides is 4. The summed E-state index contributed by atoms with van der Waals surface area (Å²) < 4.78 is 42.3. The third kappa shape index (κ3) is 9.13. The molecule has 3 aromatic carbocycles. The summed E-state index contributed by atoms with van der Waals surface area (Å²) in [7, 11) is 2.55. The van der Waals surface area contributed by atoms with E-state index in [1.165, 1.54) is 26.4 Å². The third-order valence-corrected chi connectivity index (χ3v) is 14.5. The van der Waals surface area contributed by atoms with Crippen LogP contribution in [-0.2, 0) is 19.1 Å². The van der Waals surface area contributed by atoms with Gasteiger partial charge in [-0.15, -0.1) is 0 Å². The van der Waals surface area contributed by atoms with Crippen LogP contribution < -0.4 is 20.4 Å². The van der Waals surface area contributed by atoms with E-state index in [1.807, 2.05) is 64.1 Å². The Bertz CT molecular complexity index is 2600. The van der Waals surface area contributed by atoms with Crippen molar-refractivity contribution in [3.05, 3.63) is 82.9 Å². The first-order chi connectivity index (χ1) is 32.9. The maximum Gasteiger partial charge on any atom is 0.407 e. The number of anilines is 2. The highest BCUT2D eigenvalue weighted by Gasteiger charge is 2.42. The molecule has 4 saturated heterocycles. The van der Waals surface area contributed by atoms with Crippen LogP contribution >= 0.6 is 0 Å². The van der Waals surface area contributed by atoms with Crippen LogP contribution in [0.2, 0.25) is 0 Å². The number of ether oxygens (including phenoxy) is 2. The molecule has 4 aliphatic rings. The van der Waals surface area contributed by atoms with Crippen LogP contribution in [0.15, 0.2) is 48.5 Å². The largest absolute Gasteiger partial charge is 0.453 e. The van der Waals surface area contributed by atoms with Crippen LogP contribution in [0.3, 0.4) is 0 Å². The minimum Gasteiger partial charge on any atom is -0.453 e. The molecule has 0 aliphatic carbocycles. The van der Waals surface area contributed by atoms with Crippen molar-refractivity contribution in [3.8, 4) is 0 Å². The molecule has 69 heavy (non-hydrogen) atoms. The van der Waals surface area contributed by atoms with E-state index in [-0.39, 0.29) is 58.9 Å². The molecule has 368 valence electrons. The lowest BCUT2D eigenvalue weighted by Gasteiger charge is -2.47. The molecular formula is C51H64F2N10O6. The van der Waals surface area contributed by atoms with Gasteiger partial charge in [0.05, 0.1) is 60.5 Å². The van der Waals surface area contributed by atoms with Gasteiger partial charge in [0, 0.05) is 31.9 Å². The number of carbonyl (C=O) groups is 4. The van der Waals surface area contributed by atoms with E-state index in [0.717, 1.165) is 35.0 Å². The molecule has 18 heteroatoms. The van der Waals surface area contributed by atoms with Gasteiger partial charge in [-0.25, -0.2) is 28.3 Å². The second kappa shape index (κ2) is 18.8. The quantitative estimate of drug-likeness (QED) is 0.0945. The third-order valence-electron chi connectivity index (χ3n) is 14.5. The van der Waals surface area contributed by atoms with E-state index in [0.29, 0.717) is 80.2 Å². The molecule has 1 unspecified atom stereocenters. The number of hydrogen-bond donors (Lipinski definition) is 4. The van der Waals surface area contributed by atoms with Crippen molar-refractivity contribution in [3.63, 3.8) is 0 Å². The van der Waals surface area contributed by atoms with Gasteiger partial charge in [0.15, 0.2) is 11.6 Å². The SMILES string of the molecule is COC(=O)NC(C(=O)N1CCC[C@H]1c1nc2cc([C@H]3CC[C@H](c4ccc5[nH]c([C@@H]6CCCN6C(=O)[C@@H](NC(=O)OC)C(C)C)nc5c4)N3c3cc(F)c(N4CC(C)(C)C4)c(F)c3)ccc2[nH]1)C(C)C. The Morgan fingerprint density at radius 2 is 1.10 bits per heavy atom. The van der Waals surface area contributed by atoms with Gasteiger partial charge in [0.25, 0.3) is 0 Å². The summed E-state index contributed by atoms with van der Waals surface area (Å²) in [5.41, 5.74) is 5.23. The van der Waals surface area contributed by atoms with Gasteiger partial charge in [-0.1, -0.05) is 53.7 Å². The Kier molecular flexibility index (Phi) is 13.0. The molecule has 5 aromatic rings. The van der Waals surface area contributed by atoms with Crippen molar-refractivity contribution in [1.29, 1.82) is 0 Å². The number of aromatic amines is 2. The van der Waals surface area contributed by atoms with Gasteiger partial charge >= 0.3 is 12.2 Å². The number of aromatic nitrogens is 4. The molecule has 0 bridgehead atoms. The first-order valence-electron chi connectivity index (χ1n) is 24.3. The Labute approximate surface area is 400 Å². The minimum absolute atomic E-state index is 0.0122. The van der Waals surface area contributed by atoms with Crippen molar-refractivity contribution in [1.82, 2.24) is 40.4 Å². The molecule has 6 heterocycles. The van der Waals surface area contributed by atoms with Gasteiger partial charge < -0.3 is 49.7 Å². The molecule has 9 rings (SSSR count). The molecule has 4 fully saturated rings. The number of nitrogens with zero attached hydrogens (tertiary/aromatic N) is 6. The number of imidazole rings is 2. The molecule has 0 spiro atoms. The smallest absolute Gasteiger partial charge is 0.407 e. The van der Waals surface area contributed by atoms with E-state index in [1.54, 1.807) is 14.7 Å². The molecule has 2 aromatic heterocycles. The summed E-state index contributed by atoms with van der Waals surface area (Å²) >= 11 is 0. The van der Waals surface area contributed by atoms with Crippen molar-refractivity contribution in [2.45, 2.75) is 116 Å².